The predicted octanol–water partition coefficient (Wildman–Crippen LogP) is 2.69. The van der Waals surface area contributed by atoms with E-state index >= 15 is 0 Å². The summed E-state index contributed by atoms with van der Waals surface area (Å²) in [5.74, 6) is 0.0386. The fraction of sp³-hybridized carbons (Fsp3) is 0.526. The van der Waals surface area contributed by atoms with Crippen LogP contribution in [0.25, 0.3) is 0 Å². The van der Waals surface area contributed by atoms with Crippen molar-refractivity contribution >= 4 is 29.1 Å². The molecule has 0 fully saturated rings. The zero-order valence-electron chi connectivity index (χ0n) is 15.2. The summed E-state index contributed by atoms with van der Waals surface area (Å²) in [5, 5.41) is 5.68. The molecule has 1 atom stereocenters. The number of rotatable bonds is 7. The Labute approximate surface area is 149 Å². The van der Waals surface area contributed by atoms with Crippen LogP contribution < -0.4 is 15.5 Å². The summed E-state index contributed by atoms with van der Waals surface area (Å²) in [6, 6.07) is 7.28. The Kier molecular flexibility index (Phi) is 6.56. The van der Waals surface area contributed by atoms with Gasteiger partial charge in [0, 0.05) is 18.9 Å². The van der Waals surface area contributed by atoms with Crippen LogP contribution in [-0.4, -0.2) is 30.3 Å². The first kappa shape index (κ1) is 19.0. The van der Waals surface area contributed by atoms with Crippen LogP contribution in [0.1, 0.15) is 46.5 Å². The minimum Gasteiger partial charge on any atom is -0.354 e. The van der Waals surface area contributed by atoms with Gasteiger partial charge in [-0.2, -0.15) is 0 Å². The Hall–Kier alpha value is -2.37. The van der Waals surface area contributed by atoms with Gasteiger partial charge >= 0.3 is 0 Å². The summed E-state index contributed by atoms with van der Waals surface area (Å²) in [5.41, 5.74) is 1.30. The van der Waals surface area contributed by atoms with E-state index < -0.39 is 0 Å². The highest BCUT2D eigenvalue weighted by molar-refractivity contribution is 6.10. The van der Waals surface area contributed by atoms with Crippen molar-refractivity contribution < 1.29 is 14.4 Å². The maximum Gasteiger partial charge on any atom is 0.244 e. The highest BCUT2D eigenvalue weighted by Gasteiger charge is 2.26. The van der Waals surface area contributed by atoms with Crippen molar-refractivity contribution in [2.24, 2.45) is 5.92 Å². The van der Waals surface area contributed by atoms with Gasteiger partial charge in [-0.3, -0.25) is 14.4 Å². The minimum absolute atomic E-state index is 0.0116. The minimum atomic E-state index is -0.223. The first-order valence-electron chi connectivity index (χ1n) is 8.85. The molecular formula is C19H27N3O3. The number of hydrogen-bond donors (Lipinski definition) is 2. The normalized spacial score (nSPS) is 14.7. The Morgan fingerprint density at radius 2 is 1.88 bits per heavy atom. The molecule has 6 heteroatoms. The summed E-state index contributed by atoms with van der Waals surface area (Å²) in [6.07, 6.45) is 2.20. The number of hydrogen-bond acceptors (Lipinski definition) is 3. The second-order valence-corrected chi connectivity index (χ2v) is 6.98. The van der Waals surface area contributed by atoms with E-state index in [2.05, 4.69) is 24.5 Å². The molecule has 0 saturated carbocycles. The number of carbonyl (C=O) groups is 3. The van der Waals surface area contributed by atoms with E-state index in [0.717, 1.165) is 12.8 Å². The van der Waals surface area contributed by atoms with Gasteiger partial charge in [-0.25, -0.2) is 0 Å². The van der Waals surface area contributed by atoms with Gasteiger partial charge < -0.3 is 15.5 Å². The highest BCUT2D eigenvalue weighted by atomic mass is 16.2. The van der Waals surface area contributed by atoms with Crippen LogP contribution in [0.3, 0.4) is 0 Å². The van der Waals surface area contributed by atoms with E-state index in [4.69, 9.17) is 0 Å². The zero-order valence-corrected chi connectivity index (χ0v) is 15.2. The van der Waals surface area contributed by atoms with E-state index in [1.807, 2.05) is 13.0 Å². The molecule has 25 heavy (non-hydrogen) atoms. The van der Waals surface area contributed by atoms with Crippen LogP contribution in [0.15, 0.2) is 24.3 Å². The quantitative estimate of drug-likeness (QED) is 0.797. The third-order valence-electron chi connectivity index (χ3n) is 4.22. The topological polar surface area (TPSA) is 78.5 Å². The third-order valence-corrected chi connectivity index (χ3v) is 4.22. The lowest BCUT2D eigenvalue weighted by Crippen LogP contribution is -2.42. The second-order valence-electron chi connectivity index (χ2n) is 6.98. The summed E-state index contributed by atoms with van der Waals surface area (Å²) < 4.78 is 0. The van der Waals surface area contributed by atoms with Gasteiger partial charge in [0.15, 0.2) is 0 Å². The van der Waals surface area contributed by atoms with Crippen LogP contribution in [0.2, 0.25) is 0 Å². The van der Waals surface area contributed by atoms with Crippen molar-refractivity contribution in [2.45, 2.75) is 52.5 Å². The fourth-order valence-electron chi connectivity index (χ4n) is 2.81. The Morgan fingerprint density at radius 3 is 2.60 bits per heavy atom. The number of nitrogens with one attached hydrogen (secondary N) is 2. The molecule has 0 saturated heterocycles. The smallest absolute Gasteiger partial charge is 0.244 e. The number of anilines is 2. The van der Waals surface area contributed by atoms with Crippen molar-refractivity contribution in [1.29, 1.82) is 0 Å². The molecule has 0 spiro atoms. The van der Waals surface area contributed by atoms with Gasteiger partial charge in [-0.05, 0) is 37.8 Å². The van der Waals surface area contributed by atoms with Crippen molar-refractivity contribution in [2.75, 3.05) is 16.8 Å². The van der Waals surface area contributed by atoms with Crippen molar-refractivity contribution in [1.82, 2.24) is 5.32 Å². The Balaban J connectivity index is 1.86. The lowest BCUT2D eigenvalue weighted by molar-refractivity contribution is -0.126. The average Bonchev–Trinajstić information content (AvgIpc) is 2.57. The van der Waals surface area contributed by atoms with E-state index in [1.165, 1.54) is 4.90 Å². The lowest BCUT2D eigenvalue weighted by Gasteiger charge is -2.29. The molecule has 6 nitrogen and oxygen atoms in total. The van der Waals surface area contributed by atoms with Crippen molar-refractivity contribution in [3.05, 3.63) is 24.3 Å². The van der Waals surface area contributed by atoms with E-state index in [-0.39, 0.29) is 43.1 Å². The summed E-state index contributed by atoms with van der Waals surface area (Å²) >= 11 is 0. The SMILES string of the molecule is CC(C)CCC(C)NC(=O)CCC(=O)N1CC(=O)Nc2ccccc21. The molecule has 136 valence electrons. The van der Waals surface area contributed by atoms with Gasteiger partial charge in [-0.1, -0.05) is 26.0 Å². The van der Waals surface area contributed by atoms with Crippen molar-refractivity contribution in [3.8, 4) is 0 Å². The Morgan fingerprint density at radius 1 is 1.16 bits per heavy atom. The third kappa shape index (κ3) is 5.59. The molecule has 0 aliphatic carbocycles. The van der Waals surface area contributed by atoms with Gasteiger partial charge in [0.2, 0.25) is 17.7 Å². The van der Waals surface area contributed by atoms with Crippen LogP contribution in [0.5, 0.6) is 0 Å². The van der Waals surface area contributed by atoms with Crippen LogP contribution in [0.4, 0.5) is 11.4 Å². The predicted molar refractivity (Wildman–Crippen MR) is 98.3 cm³/mol. The van der Waals surface area contributed by atoms with E-state index in [9.17, 15) is 14.4 Å². The van der Waals surface area contributed by atoms with Gasteiger partial charge in [0.25, 0.3) is 0 Å². The molecule has 1 aromatic rings. The molecule has 0 bridgehead atoms. The Bertz CT molecular complexity index is 643. The molecule has 3 amide bonds. The number of para-hydroxylation sites is 2. The monoisotopic (exact) mass is 345 g/mol. The number of amides is 3. The molecule has 1 aromatic carbocycles. The molecular weight excluding hydrogens is 318 g/mol. The van der Waals surface area contributed by atoms with Crippen LogP contribution in [-0.2, 0) is 14.4 Å². The number of carbonyl (C=O) groups excluding carboxylic acids is 3. The first-order valence-corrected chi connectivity index (χ1v) is 8.85. The maximum absolute atomic E-state index is 12.5. The van der Waals surface area contributed by atoms with Crippen molar-refractivity contribution in [3.63, 3.8) is 0 Å². The summed E-state index contributed by atoms with van der Waals surface area (Å²) in [4.78, 5) is 37.7. The van der Waals surface area contributed by atoms with Gasteiger partial charge in [-0.15, -0.1) is 0 Å². The molecule has 1 aliphatic heterocycles. The maximum atomic E-state index is 12.5. The number of benzene rings is 1. The fourth-order valence-corrected chi connectivity index (χ4v) is 2.81. The zero-order chi connectivity index (χ0) is 18.4. The number of nitrogens with zero attached hydrogens (tertiary/aromatic N) is 1. The molecule has 1 aliphatic rings. The van der Waals surface area contributed by atoms with Gasteiger partial charge in [0.1, 0.15) is 6.54 Å². The molecule has 2 N–H and O–H groups in total. The van der Waals surface area contributed by atoms with Gasteiger partial charge in [0.05, 0.1) is 11.4 Å². The highest BCUT2D eigenvalue weighted by Crippen LogP contribution is 2.29. The van der Waals surface area contributed by atoms with E-state index in [1.54, 1.807) is 18.2 Å². The second kappa shape index (κ2) is 8.65. The lowest BCUT2D eigenvalue weighted by atomic mass is 10.0. The standard InChI is InChI=1S/C19H27N3O3/c1-13(2)8-9-14(3)20-17(23)10-11-19(25)22-12-18(24)21-15-6-4-5-7-16(15)22/h4-7,13-14H,8-12H2,1-3H3,(H,20,23)(H,21,24). The average molecular weight is 345 g/mol. The molecule has 1 heterocycles. The molecule has 0 aromatic heterocycles. The van der Waals surface area contributed by atoms with E-state index in [0.29, 0.717) is 17.3 Å². The first-order chi connectivity index (χ1) is 11.9. The molecule has 1 unspecified atom stereocenters. The summed E-state index contributed by atoms with van der Waals surface area (Å²) in [6.45, 7) is 6.27. The number of fused-ring (bicyclic) bond motifs is 1. The van der Waals surface area contributed by atoms with Crippen LogP contribution in [0, 0.1) is 5.92 Å². The largest absolute Gasteiger partial charge is 0.354 e. The molecule has 0 radical (unpaired) electrons. The molecule has 2 rings (SSSR count). The van der Waals surface area contributed by atoms with Crippen LogP contribution >= 0.6 is 0 Å². The summed E-state index contributed by atoms with van der Waals surface area (Å²) in [7, 11) is 0.